The molecule has 0 radical (unpaired) electrons. The van der Waals surface area contributed by atoms with E-state index in [9.17, 15) is 24.8 Å². The van der Waals surface area contributed by atoms with E-state index in [2.05, 4.69) is 10.4 Å². The van der Waals surface area contributed by atoms with E-state index < -0.39 is 33.9 Å². The fraction of sp³-hybridized carbons (Fsp3) is 0.643. The monoisotopic (exact) mass is 339 g/mol. The zero-order valence-electron chi connectivity index (χ0n) is 14.0. The van der Waals surface area contributed by atoms with Crippen LogP contribution in [-0.4, -0.2) is 54.8 Å². The number of nitrogens with zero attached hydrogens (tertiary/aromatic N) is 4. The predicted octanol–water partition coefficient (Wildman–Crippen LogP) is 0.509. The highest BCUT2D eigenvalue weighted by Crippen LogP contribution is 2.35. The Morgan fingerprint density at radius 3 is 2.50 bits per heavy atom. The number of nitrogens with one attached hydrogen (secondary N) is 1. The Balaban J connectivity index is 2.06. The SMILES string of the molecule is CC(C)(C)[C@@]1(C)NC(=O)N(C[C@@H](O)Cn2cc([N+](=O)[O-])cn2)C1=O. The number of nitro groups is 1. The molecule has 1 aromatic heterocycles. The molecule has 0 bridgehead atoms. The highest BCUT2D eigenvalue weighted by atomic mass is 16.6. The Morgan fingerprint density at radius 1 is 1.42 bits per heavy atom. The number of β-amino-alcohol motifs (C(OH)–C–C–N with tert-alkyl or cyclic N) is 1. The molecule has 132 valence electrons. The molecular weight excluding hydrogens is 318 g/mol. The summed E-state index contributed by atoms with van der Waals surface area (Å²) in [5.74, 6) is -0.412. The van der Waals surface area contributed by atoms with Gasteiger partial charge in [0.15, 0.2) is 0 Å². The fourth-order valence-corrected chi connectivity index (χ4v) is 2.40. The number of hydrogen-bond acceptors (Lipinski definition) is 6. The molecule has 0 unspecified atom stereocenters. The second-order valence-corrected chi connectivity index (χ2v) is 7.05. The lowest BCUT2D eigenvalue weighted by Gasteiger charge is -2.35. The summed E-state index contributed by atoms with van der Waals surface area (Å²) in [5, 5.41) is 27.2. The van der Waals surface area contributed by atoms with Crippen molar-refractivity contribution in [1.29, 1.82) is 0 Å². The molecule has 3 amide bonds. The predicted molar refractivity (Wildman–Crippen MR) is 83.0 cm³/mol. The van der Waals surface area contributed by atoms with Gasteiger partial charge in [0.1, 0.15) is 17.9 Å². The molecule has 1 aliphatic heterocycles. The van der Waals surface area contributed by atoms with Gasteiger partial charge in [-0.25, -0.2) is 4.79 Å². The third-order valence-corrected chi connectivity index (χ3v) is 4.40. The third-order valence-electron chi connectivity index (χ3n) is 4.40. The van der Waals surface area contributed by atoms with Crippen molar-refractivity contribution in [3.05, 3.63) is 22.5 Å². The average molecular weight is 339 g/mol. The molecule has 2 heterocycles. The maximum Gasteiger partial charge on any atom is 0.325 e. The van der Waals surface area contributed by atoms with Crippen molar-refractivity contribution in [3.63, 3.8) is 0 Å². The number of rotatable bonds is 5. The van der Waals surface area contributed by atoms with Gasteiger partial charge in [0.2, 0.25) is 0 Å². The van der Waals surface area contributed by atoms with Crippen LogP contribution in [0.3, 0.4) is 0 Å². The van der Waals surface area contributed by atoms with E-state index in [0.29, 0.717) is 0 Å². The van der Waals surface area contributed by atoms with Crippen molar-refractivity contribution < 1.29 is 19.6 Å². The van der Waals surface area contributed by atoms with Crippen molar-refractivity contribution in [2.75, 3.05) is 6.54 Å². The Kier molecular flexibility index (Phi) is 4.36. The maximum atomic E-state index is 12.6. The molecular formula is C14H21N5O5. The number of carbonyl (C=O) groups excluding carboxylic acids is 2. The molecule has 0 spiro atoms. The smallest absolute Gasteiger partial charge is 0.325 e. The van der Waals surface area contributed by atoms with Gasteiger partial charge >= 0.3 is 11.7 Å². The zero-order valence-corrected chi connectivity index (χ0v) is 14.0. The highest BCUT2D eigenvalue weighted by molar-refractivity contribution is 6.07. The van der Waals surface area contributed by atoms with Crippen molar-refractivity contribution in [1.82, 2.24) is 20.0 Å². The van der Waals surface area contributed by atoms with Crippen LogP contribution in [-0.2, 0) is 11.3 Å². The molecule has 24 heavy (non-hydrogen) atoms. The van der Waals surface area contributed by atoms with E-state index in [1.807, 2.05) is 20.8 Å². The Labute approximate surface area is 138 Å². The van der Waals surface area contributed by atoms with Crippen LogP contribution in [0.2, 0.25) is 0 Å². The summed E-state index contributed by atoms with van der Waals surface area (Å²) in [5.41, 5.74) is -1.76. The number of urea groups is 1. The molecule has 1 saturated heterocycles. The van der Waals surface area contributed by atoms with Crippen LogP contribution in [0.5, 0.6) is 0 Å². The average Bonchev–Trinajstić information content (AvgIpc) is 2.98. The van der Waals surface area contributed by atoms with Gasteiger partial charge in [-0.2, -0.15) is 5.10 Å². The van der Waals surface area contributed by atoms with Crippen LogP contribution in [0.25, 0.3) is 0 Å². The first-order valence-electron chi connectivity index (χ1n) is 7.45. The Bertz CT molecular complexity index is 679. The first-order chi connectivity index (χ1) is 11.0. The van der Waals surface area contributed by atoms with Crippen LogP contribution >= 0.6 is 0 Å². The standard InChI is InChI=1S/C14H21N5O5/c1-13(2,3)14(4)11(21)18(12(22)16-14)8-10(20)7-17-6-9(5-15-17)19(23)24/h5-6,10,20H,7-8H2,1-4H3,(H,16,22)/t10-,14-/m0/s1. The molecule has 1 aliphatic rings. The molecule has 10 heteroatoms. The van der Waals surface area contributed by atoms with E-state index in [-0.39, 0.29) is 18.8 Å². The number of amides is 3. The van der Waals surface area contributed by atoms with E-state index in [1.54, 1.807) is 6.92 Å². The quantitative estimate of drug-likeness (QED) is 0.456. The van der Waals surface area contributed by atoms with Crippen molar-refractivity contribution in [2.24, 2.45) is 5.41 Å². The lowest BCUT2D eigenvalue weighted by molar-refractivity contribution is -0.385. The van der Waals surface area contributed by atoms with Crippen LogP contribution in [0.4, 0.5) is 10.5 Å². The molecule has 10 nitrogen and oxygen atoms in total. The summed E-state index contributed by atoms with van der Waals surface area (Å²) in [6.07, 6.45) is 1.15. The number of carbonyl (C=O) groups is 2. The largest absolute Gasteiger partial charge is 0.389 e. The number of aliphatic hydroxyl groups excluding tert-OH is 1. The van der Waals surface area contributed by atoms with Crippen LogP contribution in [0, 0.1) is 15.5 Å². The van der Waals surface area contributed by atoms with E-state index in [1.165, 1.54) is 10.9 Å². The van der Waals surface area contributed by atoms with E-state index in [0.717, 1.165) is 11.1 Å². The molecule has 2 atom stereocenters. The van der Waals surface area contributed by atoms with Gasteiger partial charge in [-0.3, -0.25) is 24.5 Å². The second-order valence-electron chi connectivity index (χ2n) is 7.05. The minimum atomic E-state index is -1.10. The number of aromatic nitrogens is 2. The molecule has 1 fully saturated rings. The summed E-state index contributed by atoms with van der Waals surface area (Å²) >= 11 is 0. The summed E-state index contributed by atoms with van der Waals surface area (Å²) in [7, 11) is 0. The topological polar surface area (TPSA) is 131 Å². The maximum absolute atomic E-state index is 12.6. The number of imide groups is 1. The first kappa shape index (κ1) is 17.9. The van der Waals surface area contributed by atoms with Crippen molar-refractivity contribution >= 4 is 17.6 Å². The Hall–Kier alpha value is -2.49. The van der Waals surface area contributed by atoms with Gasteiger partial charge < -0.3 is 10.4 Å². The highest BCUT2D eigenvalue weighted by Gasteiger charge is 2.54. The van der Waals surface area contributed by atoms with Crippen LogP contribution in [0.1, 0.15) is 27.7 Å². The summed E-state index contributed by atoms with van der Waals surface area (Å²) < 4.78 is 1.20. The minimum Gasteiger partial charge on any atom is -0.389 e. The summed E-state index contributed by atoms with van der Waals surface area (Å²) in [6.45, 7) is 6.88. The number of hydrogen-bond donors (Lipinski definition) is 2. The van der Waals surface area contributed by atoms with Crippen LogP contribution in [0.15, 0.2) is 12.4 Å². The molecule has 2 N–H and O–H groups in total. The van der Waals surface area contributed by atoms with Gasteiger partial charge in [0.25, 0.3) is 5.91 Å². The first-order valence-corrected chi connectivity index (χ1v) is 7.45. The molecule has 0 aromatic carbocycles. The molecule has 0 aliphatic carbocycles. The number of aliphatic hydroxyl groups is 1. The lowest BCUT2D eigenvalue weighted by atomic mass is 9.75. The van der Waals surface area contributed by atoms with Gasteiger partial charge in [-0.1, -0.05) is 20.8 Å². The van der Waals surface area contributed by atoms with E-state index >= 15 is 0 Å². The fourth-order valence-electron chi connectivity index (χ4n) is 2.40. The van der Waals surface area contributed by atoms with Crippen molar-refractivity contribution in [2.45, 2.75) is 45.9 Å². The van der Waals surface area contributed by atoms with Crippen LogP contribution < -0.4 is 5.32 Å². The normalized spacial score (nSPS) is 22.6. The Morgan fingerprint density at radius 2 is 2.04 bits per heavy atom. The van der Waals surface area contributed by atoms with Gasteiger partial charge in [0, 0.05) is 0 Å². The molecule has 1 aromatic rings. The van der Waals surface area contributed by atoms with Gasteiger partial charge in [-0.05, 0) is 12.3 Å². The van der Waals surface area contributed by atoms with Crippen molar-refractivity contribution in [3.8, 4) is 0 Å². The molecule has 2 rings (SSSR count). The summed E-state index contributed by atoms with van der Waals surface area (Å²) in [6, 6.07) is -0.567. The second kappa shape index (κ2) is 5.86. The van der Waals surface area contributed by atoms with Gasteiger partial charge in [0.05, 0.1) is 24.1 Å². The minimum absolute atomic E-state index is 0.0723. The molecule has 0 saturated carbocycles. The van der Waals surface area contributed by atoms with E-state index in [4.69, 9.17) is 0 Å². The van der Waals surface area contributed by atoms with Gasteiger partial charge in [-0.15, -0.1) is 0 Å². The summed E-state index contributed by atoms with van der Waals surface area (Å²) in [4.78, 5) is 35.7. The zero-order chi connectivity index (χ0) is 18.3. The third kappa shape index (κ3) is 3.09. The lowest BCUT2D eigenvalue weighted by Crippen LogP contribution is -2.54.